The van der Waals surface area contributed by atoms with Crippen molar-refractivity contribution in [3.63, 3.8) is 0 Å². The van der Waals surface area contributed by atoms with Crippen LogP contribution in [0.1, 0.15) is 33.1 Å². The molecule has 0 spiro atoms. The summed E-state index contributed by atoms with van der Waals surface area (Å²) in [4.78, 5) is 28.7. The molecule has 3 N–H and O–H groups in total. The Labute approximate surface area is 201 Å². The lowest BCUT2D eigenvalue weighted by molar-refractivity contribution is -0.385. The summed E-state index contributed by atoms with van der Waals surface area (Å²) in [5, 5.41) is 14.7. The highest BCUT2D eigenvalue weighted by molar-refractivity contribution is 7.89. The number of fused-ring (bicyclic) bond motifs is 1. The van der Waals surface area contributed by atoms with Gasteiger partial charge in [-0.25, -0.2) is 17.7 Å². The van der Waals surface area contributed by atoms with Crippen molar-refractivity contribution in [2.45, 2.75) is 17.4 Å². The second-order valence-electron chi connectivity index (χ2n) is 8.19. The first-order valence-electron chi connectivity index (χ1n) is 10.9. The first-order chi connectivity index (χ1) is 16.8. The molecule has 1 atom stereocenters. The van der Waals surface area contributed by atoms with Crippen molar-refractivity contribution in [2.75, 3.05) is 18.4 Å². The van der Waals surface area contributed by atoms with Crippen LogP contribution in [0.25, 0.3) is 0 Å². The van der Waals surface area contributed by atoms with Gasteiger partial charge in [0, 0.05) is 23.9 Å². The lowest BCUT2D eigenvalue weighted by atomic mass is 9.95. The number of guanidine groups is 1. The smallest absolute Gasteiger partial charge is 0.280 e. The second kappa shape index (κ2) is 8.51. The molecule has 0 bridgehead atoms. The molecule has 3 aromatic rings. The first-order valence-corrected chi connectivity index (χ1v) is 12.3. The van der Waals surface area contributed by atoms with E-state index in [0.29, 0.717) is 24.2 Å². The molecule has 0 saturated heterocycles. The number of para-hydroxylation sites is 1. The Balaban J connectivity index is 1.62. The summed E-state index contributed by atoms with van der Waals surface area (Å²) in [6.45, 7) is 0.492. The van der Waals surface area contributed by atoms with Crippen LogP contribution in [0.4, 0.5) is 11.4 Å². The summed E-state index contributed by atoms with van der Waals surface area (Å²) in [6.07, 6.45) is 0.399. The zero-order chi connectivity index (χ0) is 24.7. The zero-order valence-corrected chi connectivity index (χ0v) is 19.2. The molecule has 178 valence electrons. The molecular weight excluding hydrogens is 470 g/mol. The number of nitro benzene ring substituents is 1. The zero-order valence-electron chi connectivity index (χ0n) is 18.4. The van der Waals surface area contributed by atoms with Crippen LogP contribution in [-0.4, -0.2) is 42.5 Å². The van der Waals surface area contributed by atoms with Crippen molar-refractivity contribution in [3.8, 4) is 0 Å². The van der Waals surface area contributed by atoms with E-state index in [1.54, 1.807) is 6.07 Å². The Kier molecular flexibility index (Phi) is 5.48. The molecule has 2 heterocycles. The Morgan fingerprint density at radius 3 is 2.54 bits per heavy atom. The van der Waals surface area contributed by atoms with Gasteiger partial charge in [0.1, 0.15) is 5.56 Å². The Morgan fingerprint density at radius 1 is 1.09 bits per heavy atom. The van der Waals surface area contributed by atoms with Crippen LogP contribution in [0, 0.1) is 10.1 Å². The number of rotatable bonds is 6. The molecule has 11 heteroatoms. The average molecular weight is 492 g/mol. The minimum absolute atomic E-state index is 0.0212. The van der Waals surface area contributed by atoms with Gasteiger partial charge in [-0.15, -0.1) is 0 Å². The van der Waals surface area contributed by atoms with Crippen molar-refractivity contribution in [1.82, 2.24) is 4.31 Å². The number of ketones is 1. The van der Waals surface area contributed by atoms with Gasteiger partial charge in [-0.1, -0.05) is 42.5 Å². The number of carbonyl (C=O) groups excluding carboxylic acids is 1. The van der Waals surface area contributed by atoms with Crippen molar-refractivity contribution in [1.29, 1.82) is 0 Å². The van der Waals surface area contributed by atoms with Crippen LogP contribution in [-0.2, 0) is 16.4 Å². The van der Waals surface area contributed by atoms with Crippen LogP contribution >= 0.6 is 0 Å². The number of aliphatic imine (C=N–C) groups is 1. The second-order valence-corrected chi connectivity index (χ2v) is 10.0. The van der Waals surface area contributed by atoms with Crippen molar-refractivity contribution in [2.24, 2.45) is 10.7 Å². The monoisotopic (exact) mass is 491 g/mol. The van der Waals surface area contributed by atoms with Crippen molar-refractivity contribution >= 4 is 33.1 Å². The maximum Gasteiger partial charge on any atom is 0.280 e. The molecule has 0 saturated carbocycles. The van der Waals surface area contributed by atoms with Gasteiger partial charge in [0.05, 0.1) is 22.4 Å². The van der Waals surface area contributed by atoms with E-state index < -0.39 is 32.5 Å². The summed E-state index contributed by atoms with van der Waals surface area (Å²) in [5.74, 6) is -0.910. The number of sulfonamides is 1. The van der Waals surface area contributed by atoms with Gasteiger partial charge < -0.3 is 11.1 Å². The van der Waals surface area contributed by atoms with Gasteiger partial charge in [0.15, 0.2) is 0 Å². The highest BCUT2D eigenvalue weighted by Gasteiger charge is 2.39. The van der Waals surface area contributed by atoms with Crippen LogP contribution in [0.5, 0.6) is 0 Å². The lowest BCUT2D eigenvalue weighted by Crippen LogP contribution is -2.39. The fourth-order valence-corrected chi connectivity index (χ4v) is 6.09. The minimum Gasteiger partial charge on any atom is -0.384 e. The SMILES string of the molecule is NC1=N[C@@H](c2ccccc2)CN1S(=O)(=O)c1ccc2c(c1C(=O)c1ccccc1[N+](=O)[O-])CCN2. The van der Waals surface area contributed by atoms with Gasteiger partial charge in [-0.05, 0) is 35.7 Å². The Hall–Kier alpha value is -4.25. The number of hydrogen-bond donors (Lipinski definition) is 2. The first kappa shape index (κ1) is 22.5. The highest BCUT2D eigenvalue weighted by Crippen LogP contribution is 2.37. The number of nitrogens with two attached hydrogens (primary N) is 1. The number of hydrogen-bond acceptors (Lipinski definition) is 8. The lowest BCUT2D eigenvalue weighted by Gasteiger charge is -2.22. The number of carbonyl (C=O) groups is 1. The van der Waals surface area contributed by atoms with E-state index in [-0.39, 0.29) is 28.5 Å². The molecule has 2 aliphatic heterocycles. The summed E-state index contributed by atoms with van der Waals surface area (Å²) >= 11 is 0. The van der Waals surface area contributed by atoms with Crippen molar-refractivity contribution in [3.05, 3.63) is 99.1 Å². The van der Waals surface area contributed by atoms with Gasteiger partial charge in [-0.2, -0.15) is 0 Å². The van der Waals surface area contributed by atoms with E-state index in [0.717, 1.165) is 9.87 Å². The van der Waals surface area contributed by atoms with Crippen LogP contribution in [0.15, 0.2) is 76.6 Å². The standard InChI is InChI=1S/C24H21N5O5S/c25-24-27-19(15-6-2-1-3-7-15)14-28(24)35(33,34)21-11-10-18-16(12-13-26-18)22(21)23(30)17-8-4-5-9-20(17)29(31)32/h1-11,19,26H,12-14H2,(H2,25,27)/t19-/m1/s1. The van der Waals surface area contributed by atoms with Crippen LogP contribution < -0.4 is 11.1 Å². The number of nitro groups is 1. The molecule has 0 fully saturated rings. The third kappa shape index (κ3) is 3.79. The van der Waals surface area contributed by atoms with Gasteiger partial charge in [-0.3, -0.25) is 14.9 Å². The molecule has 0 aromatic heterocycles. The van der Waals surface area contributed by atoms with Crippen LogP contribution in [0.3, 0.4) is 0 Å². The number of nitrogens with one attached hydrogen (secondary N) is 1. The van der Waals surface area contributed by atoms with Gasteiger partial charge >= 0.3 is 0 Å². The average Bonchev–Trinajstić information content (AvgIpc) is 3.50. The molecule has 3 aromatic carbocycles. The largest absolute Gasteiger partial charge is 0.384 e. The quantitative estimate of drug-likeness (QED) is 0.306. The third-order valence-electron chi connectivity index (χ3n) is 6.17. The molecule has 0 amide bonds. The molecule has 0 unspecified atom stereocenters. The normalized spacial score (nSPS) is 17.0. The fourth-order valence-electron chi connectivity index (χ4n) is 4.51. The van der Waals surface area contributed by atoms with E-state index in [1.807, 2.05) is 30.3 Å². The molecule has 2 aliphatic rings. The summed E-state index contributed by atoms with van der Waals surface area (Å²) in [6, 6.07) is 17.1. The predicted molar refractivity (Wildman–Crippen MR) is 130 cm³/mol. The van der Waals surface area contributed by atoms with E-state index in [1.165, 1.54) is 30.3 Å². The number of benzene rings is 3. The maximum atomic E-state index is 13.9. The van der Waals surface area contributed by atoms with E-state index in [2.05, 4.69) is 10.3 Å². The van der Waals surface area contributed by atoms with Gasteiger partial charge in [0.25, 0.3) is 15.7 Å². The number of nitrogens with zero attached hydrogens (tertiary/aromatic N) is 3. The number of anilines is 1. The molecular formula is C24H21N5O5S. The predicted octanol–water partition coefficient (Wildman–Crippen LogP) is 2.85. The fraction of sp³-hybridized carbons (Fsp3) is 0.167. The summed E-state index contributed by atoms with van der Waals surface area (Å²) in [7, 11) is -4.31. The van der Waals surface area contributed by atoms with E-state index in [4.69, 9.17) is 5.73 Å². The molecule has 10 nitrogen and oxygen atoms in total. The topological polar surface area (TPSA) is 148 Å². The molecule has 0 radical (unpaired) electrons. The minimum atomic E-state index is -4.31. The maximum absolute atomic E-state index is 13.9. The van der Waals surface area contributed by atoms with E-state index in [9.17, 15) is 23.3 Å². The Bertz CT molecular complexity index is 1490. The molecule has 35 heavy (non-hydrogen) atoms. The van der Waals surface area contributed by atoms with E-state index >= 15 is 0 Å². The molecule has 0 aliphatic carbocycles. The summed E-state index contributed by atoms with van der Waals surface area (Å²) < 4.78 is 28.7. The van der Waals surface area contributed by atoms with Gasteiger partial charge in [0.2, 0.25) is 11.7 Å². The Morgan fingerprint density at radius 2 is 1.80 bits per heavy atom. The third-order valence-corrected chi connectivity index (χ3v) is 7.98. The van der Waals surface area contributed by atoms with Crippen molar-refractivity contribution < 1.29 is 18.1 Å². The van der Waals surface area contributed by atoms with Crippen LogP contribution in [0.2, 0.25) is 0 Å². The highest BCUT2D eigenvalue weighted by atomic mass is 32.2. The molecule has 5 rings (SSSR count). The summed E-state index contributed by atoms with van der Waals surface area (Å²) in [5.41, 5.74) is 7.33.